The maximum absolute atomic E-state index is 13.1. The fourth-order valence-corrected chi connectivity index (χ4v) is 7.68. The summed E-state index contributed by atoms with van der Waals surface area (Å²) in [5.41, 5.74) is 0. The Bertz CT molecular complexity index is 1040. The number of hydrogen-bond acceptors (Lipinski definition) is 5. The zero-order valence-electron chi connectivity index (χ0n) is 39.8. The second-order valence-corrected chi connectivity index (χ2v) is 17.6. The van der Waals surface area contributed by atoms with Crippen LogP contribution in [0.5, 0.6) is 0 Å². The minimum Gasteiger partial charge on any atom is -0.458 e. The molecule has 6 nitrogen and oxygen atoms in total. The van der Waals surface area contributed by atoms with Crippen LogP contribution in [0.25, 0.3) is 0 Å². The third-order valence-corrected chi connectivity index (χ3v) is 11.6. The van der Waals surface area contributed by atoms with E-state index in [9.17, 15) is 19.8 Å². The predicted molar refractivity (Wildman–Crippen MR) is 259 cm³/mol. The van der Waals surface area contributed by atoms with E-state index in [2.05, 4.69) is 56.5 Å². The fourth-order valence-electron chi connectivity index (χ4n) is 7.68. The van der Waals surface area contributed by atoms with Gasteiger partial charge >= 0.3 is 5.97 Å². The Morgan fingerprint density at radius 1 is 0.500 bits per heavy atom. The van der Waals surface area contributed by atoms with Crippen LogP contribution in [0.3, 0.4) is 0 Å². The molecule has 0 fully saturated rings. The highest BCUT2D eigenvalue weighted by atomic mass is 16.5. The van der Waals surface area contributed by atoms with Crippen molar-refractivity contribution in [3.8, 4) is 0 Å². The Hall–Kier alpha value is -2.18. The summed E-state index contributed by atoms with van der Waals surface area (Å²) < 4.78 is 5.78. The van der Waals surface area contributed by atoms with E-state index < -0.39 is 18.2 Å². The SMILES string of the molecule is CCCCCCCC/C=C\C/C=C/CCC(=O)OC(/C=C/C/C=C\CCCCCCCC)CC(=O)NC(CO)C(O)CCCCCCCCCCCCCCCCCCC. The first-order chi connectivity index (χ1) is 29.5. The molecule has 0 saturated heterocycles. The highest BCUT2D eigenvalue weighted by Gasteiger charge is 2.23. The molecule has 0 heterocycles. The van der Waals surface area contributed by atoms with E-state index in [0.717, 1.165) is 38.5 Å². The van der Waals surface area contributed by atoms with Crippen molar-refractivity contribution in [3.05, 3.63) is 48.6 Å². The van der Waals surface area contributed by atoms with Crippen molar-refractivity contribution in [1.29, 1.82) is 0 Å². The Balaban J connectivity index is 4.60. The Morgan fingerprint density at radius 3 is 1.32 bits per heavy atom. The highest BCUT2D eigenvalue weighted by molar-refractivity contribution is 5.78. The van der Waals surface area contributed by atoms with E-state index in [-0.39, 0.29) is 31.3 Å². The number of allylic oxidation sites excluding steroid dienone is 7. The maximum atomic E-state index is 13.1. The zero-order valence-corrected chi connectivity index (χ0v) is 39.8. The molecule has 0 spiro atoms. The molecule has 1 amide bonds. The smallest absolute Gasteiger partial charge is 0.306 e. The lowest BCUT2D eigenvalue weighted by Crippen LogP contribution is -2.46. The van der Waals surface area contributed by atoms with Gasteiger partial charge < -0.3 is 20.3 Å². The number of unbranched alkanes of at least 4 members (excludes halogenated alkanes) is 28. The summed E-state index contributed by atoms with van der Waals surface area (Å²) in [5.74, 6) is -0.680. The molecule has 0 saturated carbocycles. The molecule has 3 unspecified atom stereocenters. The van der Waals surface area contributed by atoms with Crippen LogP contribution >= 0.6 is 0 Å². The maximum Gasteiger partial charge on any atom is 0.306 e. The topological polar surface area (TPSA) is 95.9 Å². The average Bonchev–Trinajstić information content (AvgIpc) is 3.24. The molecule has 350 valence electrons. The summed E-state index contributed by atoms with van der Waals surface area (Å²) >= 11 is 0. The number of esters is 1. The number of carbonyl (C=O) groups is 2. The van der Waals surface area contributed by atoms with Crippen LogP contribution in [0, 0.1) is 0 Å². The second kappa shape index (κ2) is 47.9. The molecule has 0 radical (unpaired) electrons. The standard InChI is InChI=1S/C54H99NO5/c1-4-7-10-13-16-19-22-24-25-26-27-29-31-34-37-40-43-46-52(57)51(49-56)55-53(58)48-50(45-42-39-36-33-30-21-18-15-12-9-6-3)60-54(59)47-44-41-38-35-32-28-23-20-17-14-11-8-5-2/h28,32-33,36,38,41-42,45,50-52,56-57H,4-27,29-31,34-35,37,39-40,43-44,46-49H2,1-3H3,(H,55,58)/b32-28-,36-33-,41-38+,45-42+. The quantitative estimate of drug-likeness (QED) is 0.0322. The molecule has 0 rings (SSSR count). The van der Waals surface area contributed by atoms with Gasteiger partial charge in [0.2, 0.25) is 5.91 Å². The van der Waals surface area contributed by atoms with Gasteiger partial charge in [0.15, 0.2) is 0 Å². The number of ether oxygens (including phenoxy) is 1. The highest BCUT2D eigenvalue weighted by Crippen LogP contribution is 2.16. The van der Waals surface area contributed by atoms with Gasteiger partial charge in [-0.25, -0.2) is 0 Å². The Morgan fingerprint density at radius 2 is 0.883 bits per heavy atom. The molecule has 0 bridgehead atoms. The molecule has 0 aliphatic rings. The average molecular weight is 842 g/mol. The monoisotopic (exact) mass is 842 g/mol. The molecular formula is C54H99NO5. The summed E-state index contributed by atoms with van der Waals surface area (Å²) in [4.78, 5) is 26.0. The third kappa shape index (κ3) is 42.5. The van der Waals surface area contributed by atoms with E-state index in [0.29, 0.717) is 19.3 Å². The third-order valence-electron chi connectivity index (χ3n) is 11.6. The number of aliphatic hydroxyl groups is 2. The first-order valence-electron chi connectivity index (χ1n) is 25.9. The van der Waals surface area contributed by atoms with Crippen molar-refractivity contribution in [2.75, 3.05) is 6.61 Å². The number of hydrogen-bond donors (Lipinski definition) is 3. The second-order valence-electron chi connectivity index (χ2n) is 17.6. The summed E-state index contributed by atoms with van der Waals surface area (Å²) in [6.07, 6.45) is 57.9. The van der Waals surface area contributed by atoms with Crippen molar-refractivity contribution in [1.82, 2.24) is 5.32 Å². The first kappa shape index (κ1) is 57.8. The van der Waals surface area contributed by atoms with Gasteiger partial charge in [0.05, 0.1) is 25.2 Å². The van der Waals surface area contributed by atoms with Crippen LogP contribution < -0.4 is 5.32 Å². The molecule has 3 N–H and O–H groups in total. The van der Waals surface area contributed by atoms with Crippen molar-refractivity contribution >= 4 is 11.9 Å². The van der Waals surface area contributed by atoms with Gasteiger partial charge in [0.25, 0.3) is 0 Å². The van der Waals surface area contributed by atoms with Crippen molar-refractivity contribution in [2.24, 2.45) is 0 Å². The predicted octanol–water partition coefficient (Wildman–Crippen LogP) is 15.5. The number of rotatable bonds is 46. The Kier molecular flexibility index (Phi) is 46.1. The number of amides is 1. The summed E-state index contributed by atoms with van der Waals surface area (Å²) in [7, 11) is 0. The minimum absolute atomic E-state index is 0.0503. The van der Waals surface area contributed by atoms with E-state index in [1.165, 1.54) is 167 Å². The number of aliphatic hydroxyl groups excluding tert-OH is 2. The van der Waals surface area contributed by atoms with Gasteiger partial charge in [-0.05, 0) is 57.4 Å². The molecule has 0 aromatic carbocycles. The van der Waals surface area contributed by atoms with E-state index in [1.807, 2.05) is 12.2 Å². The van der Waals surface area contributed by atoms with E-state index in [4.69, 9.17) is 4.74 Å². The van der Waals surface area contributed by atoms with Crippen LogP contribution in [0.2, 0.25) is 0 Å². The lowest BCUT2D eigenvalue weighted by atomic mass is 10.0. The van der Waals surface area contributed by atoms with E-state index >= 15 is 0 Å². The molecule has 60 heavy (non-hydrogen) atoms. The largest absolute Gasteiger partial charge is 0.458 e. The van der Waals surface area contributed by atoms with Gasteiger partial charge in [-0.15, -0.1) is 0 Å². The van der Waals surface area contributed by atoms with Crippen LogP contribution in [-0.2, 0) is 14.3 Å². The van der Waals surface area contributed by atoms with Crippen LogP contribution in [0.4, 0.5) is 0 Å². The normalized spacial score (nSPS) is 13.6. The molecular weight excluding hydrogens is 743 g/mol. The summed E-state index contributed by atoms with van der Waals surface area (Å²) in [5, 5.41) is 23.7. The van der Waals surface area contributed by atoms with Crippen molar-refractivity contribution < 1.29 is 24.5 Å². The molecule has 0 aromatic rings. The van der Waals surface area contributed by atoms with E-state index in [1.54, 1.807) is 6.08 Å². The fraction of sp³-hybridized carbons (Fsp3) is 0.815. The molecule has 0 aliphatic heterocycles. The summed E-state index contributed by atoms with van der Waals surface area (Å²) in [6.45, 7) is 6.43. The molecule has 0 aliphatic carbocycles. The molecule has 6 heteroatoms. The van der Waals surface area contributed by atoms with Crippen LogP contribution in [0.1, 0.15) is 258 Å². The summed E-state index contributed by atoms with van der Waals surface area (Å²) in [6, 6.07) is -0.742. The van der Waals surface area contributed by atoms with Crippen LogP contribution in [-0.4, -0.2) is 46.9 Å². The van der Waals surface area contributed by atoms with Crippen LogP contribution in [0.15, 0.2) is 48.6 Å². The first-order valence-corrected chi connectivity index (χ1v) is 25.9. The van der Waals surface area contributed by atoms with Crippen molar-refractivity contribution in [2.45, 2.75) is 277 Å². The van der Waals surface area contributed by atoms with Gasteiger partial charge in [-0.3, -0.25) is 9.59 Å². The van der Waals surface area contributed by atoms with Gasteiger partial charge in [0.1, 0.15) is 6.10 Å². The van der Waals surface area contributed by atoms with Gasteiger partial charge in [-0.2, -0.15) is 0 Å². The lowest BCUT2D eigenvalue weighted by molar-refractivity contribution is -0.148. The van der Waals surface area contributed by atoms with Crippen molar-refractivity contribution in [3.63, 3.8) is 0 Å². The number of carbonyl (C=O) groups excluding carboxylic acids is 2. The van der Waals surface area contributed by atoms with Gasteiger partial charge in [0, 0.05) is 6.42 Å². The zero-order chi connectivity index (χ0) is 43.8. The number of nitrogens with one attached hydrogen (secondary N) is 1. The minimum atomic E-state index is -0.819. The lowest BCUT2D eigenvalue weighted by Gasteiger charge is -2.23. The molecule has 0 aromatic heterocycles. The Labute approximate surface area is 372 Å². The van der Waals surface area contributed by atoms with Gasteiger partial charge in [-0.1, -0.05) is 237 Å². The molecule has 3 atom stereocenters.